The fraction of sp³-hybridized carbons (Fsp3) is 0.500. The molecule has 0 N–H and O–H groups in total. The Kier molecular flexibility index (Phi) is 4.14. The first-order valence-corrected chi connectivity index (χ1v) is 8.45. The number of benzene rings is 1. The molecule has 3 heterocycles. The van der Waals surface area contributed by atoms with Crippen LogP contribution in [0.25, 0.3) is 11.5 Å². The van der Waals surface area contributed by atoms with Gasteiger partial charge in [0.1, 0.15) is 12.1 Å². The first-order chi connectivity index (χ1) is 11.3. The van der Waals surface area contributed by atoms with E-state index in [-0.39, 0.29) is 5.82 Å². The van der Waals surface area contributed by atoms with E-state index in [1.807, 2.05) is 0 Å². The molecule has 5 heteroatoms. The average Bonchev–Trinajstić information content (AvgIpc) is 3.29. The van der Waals surface area contributed by atoms with E-state index >= 15 is 0 Å². The molecule has 2 aromatic rings. The summed E-state index contributed by atoms with van der Waals surface area (Å²) in [4.78, 5) is 9.64. The second-order valence-electron chi connectivity index (χ2n) is 6.57. The van der Waals surface area contributed by atoms with Gasteiger partial charge in [0.05, 0.1) is 5.69 Å². The zero-order valence-corrected chi connectivity index (χ0v) is 13.2. The molecule has 0 spiro atoms. The lowest BCUT2D eigenvalue weighted by Crippen LogP contribution is -2.35. The summed E-state index contributed by atoms with van der Waals surface area (Å²) in [6.07, 6.45) is 5.67. The number of halogens is 1. The van der Waals surface area contributed by atoms with E-state index < -0.39 is 0 Å². The van der Waals surface area contributed by atoms with Crippen molar-refractivity contribution in [2.75, 3.05) is 26.2 Å². The predicted octanol–water partition coefficient (Wildman–Crippen LogP) is 3.15. The Morgan fingerprint density at radius 2 is 1.91 bits per heavy atom. The van der Waals surface area contributed by atoms with Gasteiger partial charge in [-0.15, -0.1) is 0 Å². The summed E-state index contributed by atoms with van der Waals surface area (Å²) in [5.74, 6) is 0.320. The van der Waals surface area contributed by atoms with Gasteiger partial charge in [0, 0.05) is 31.2 Å². The zero-order valence-electron chi connectivity index (χ0n) is 13.2. The quantitative estimate of drug-likeness (QED) is 0.867. The molecule has 0 saturated carbocycles. The predicted molar refractivity (Wildman–Crippen MR) is 86.4 cm³/mol. The van der Waals surface area contributed by atoms with Gasteiger partial charge in [0.25, 0.3) is 0 Å². The van der Waals surface area contributed by atoms with Crippen molar-refractivity contribution in [3.8, 4) is 11.5 Å². The molecule has 4 rings (SSSR count). The van der Waals surface area contributed by atoms with Crippen LogP contribution in [0.3, 0.4) is 0 Å². The van der Waals surface area contributed by atoms with Crippen molar-refractivity contribution in [2.45, 2.75) is 31.8 Å². The lowest BCUT2D eigenvalue weighted by atomic mass is 10.2. The van der Waals surface area contributed by atoms with Gasteiger partial charge < -0.3 is 4.42 Å². The average molecular weight is 315 g/mol. The van der Waals surface area contributed by atoms with Crippen LogP contribution in [-0.2, 0) is 6.54 Å². The van der Waals surface area contributed by atoms with Crippen LogP contribution in [0.4, 0.5) is 4.39 Å². The maximum absolute atomic E-state index is 13.0. The molecule has 1 aromatic heterocycles. The molecular weight excluding hydrogens is 293 g/mol. The summed E-state index contributed by atoms with van der Waals surface area (Å²) < 4.78 is 18.5. The van der Waals surface area contributed by atoms with E-state index in [9.17, 15) is 4.39 Å². The minimum atomic E-state index is -0.245. The van der Waals surface area contributed by atoms with Crippen LogP contribution in [0.1, 0.15) is 25.0 Å². The summed E-state index contributed by atoms with van der Waals surface area (Å²) in [7, 11) is 0. The first kappa shape index (κ1) is 14.8. The van der Waals surface area contributed by atoms with Crippen molar-refractivity contribution in [3.05, 3.63) is 42.0 Å². The van der Waals surface area contributed by atoms with Crippen LogP contribution < -0.4 is 0 Å². The standard InChI is InChI=1S/C18H22FN3O/c19-15-5-3-14(4-6-15)18-20-16(13-23-18)11-21-10-7-17(12-21)22-8-1-2-9-22/h3-6,13,17H,1-2,7-12H2. The summed E-state index contributed by atoms with van der Waals surface area (Å²) in [5.41, 5.74) is 1.76. The van der Waals surface area contributed by atoms with Crippen molar-refractivity contribution in [1.29, 1.82) is 0 Å². The monoisotopic (exact) mass is 315 g/mol. The summed E-state index contributed by atoms with van der Waals surface area (Å²) in [5, 5.41) is 0. The van der Waals surface area contributed by atoms with Crippen LogP contribution in [0.5, 0.6) is 0 Å². The fourth-order valence-corrected chi connectivity index (χ4v) is 3.69. The van der Waals surface area contributed by atoms with E-state index in [2.05, 4.69) is 14.8 Å². The number of aromatic nitrogens is 1. The van der Waals surface area contributed by atoms with E-state index in [0.29, 0.717) is 11.9 Å². The van der Waals surface area contributed by atoms with Crippen molar-refractivity contribution >= 4 is 0 Å². The van der Waals surface area contributed by atoms with Crippen molar-refractivity contribution in [3.63, 3.8) is 0 Å². The van der Waals surface area contributed by atoms with Gasteiger partial charge in [-0.1, -0.05) is 0 Å². The molecule has 0 radical (unpaired) electrons. The Labute approximate surface area is 135 Å². The number of likely N-dealkylation sites (tertiary alicyclic amines) is 2. The number of hydrogen-bond acceptors (Lipinski definition) is 4. The van der Waals surface area contributed by atoms with Gasteiger partial charge in [-0.25, -0.2) is 9.37 Å². The van der Waals surface area contributed by atoms with Gasteiger partial charge in [0.2, 0.25) is 5.89 Å². The van der Waals surface area contributed by atoms with E-state index in [1.165, 1.54) is 44.5 Å². The highest BCUT2D eigenvalue weighted by Crippen LogP contribution is 2.23. The molecule has 1 aromatic carbocycles. The molecular formula is C18H22FN3O. The third-order valence-corrected chi connectivity index (χ3v) is 4.93. The van der Waals surface area contributed by atoms with Crippen molar-refractivity contribution in [2.24, 2.45) is 0 Å². The normalized spacial score (nSPS) is 22.9. The molecule has 2 fully saturated rings. The first-order valence-electron chi connectivity index (χ1n) is 8.45. The van der Waals surface area contributed by atoms with Crippen molar-refractivity contribution in [1.82, 2.24) is 14.8 Å². The smallest absolute Gasteiger partial charge is 0.226 e. The number of rotatable bonds is 4. The third kappa shape index (κ3) is 3.31. The van der Waals surface area contributed by atoms with E-state index in [1.54, 1.807) is 18.4 Å². The maximum Gasteiger partial charge on any atom is 0.226 e. The van der Waals surface area contributed by atoms with Gasteiger partial charge in [-0.05, 0) is 56.6 Å². The Morgan fingerprint density at radius 1 is 1.13 bits per heavy atom. The molecule has 4 nitrogen and oxygen atoms in total. The van der Waals surface area contributed by atoms with Crippen LogP contribution in [0, 0.1) is 5.82 Å². The summed E-state index contributed by atoms with van der Waals surface area (Å²) in [6.45, 7) is 5.60. The zero-order chi connectivity index (χ0) is 15.6. The van der Waals surface area contributed by atoms with Crippen LogP contribution in [0.2, 0.25) is 0 Å². The second-order valence-corrected chi connectivity index (χ2v) is 6.57. The third-order valence-electron chi connectivity index (χ3n) is 4.93. The van der Waals surface area contributed by atoms with Gasteiger partial charge in [-0.3, -0.25) is 9.80 Å². The molecule has 1 atom stereocenters. The Balaban J connectivity index is 1.37. The highest BCUT2D eigenvalue weighted by atomic mass is 19.1. The largest absolute Gasteiger partial charge is 0.444 e. The van der Waals surface area contributed by atoms with Gasteiger partial charge in [0.15, 0.2) is 0 Å². The molecule has 2 aliphatic rings. The van der Waals surface area contributed by atoms with Crippen LogP contribution in [0.15, 0.2) is 34.9 Å². The Hall–Kier alpha value is -1.72. The maximum atomic E-state index is 13.0. The van der Waals surface area contributed by atoms with E-state index in [0.717, 1.165) is 30.9 Å². The van der Waals surface area contributed by atoms with Gasteiger partial charge >= 0.3 is 0 Å². The molecule has 0 aliphatic carbocycles. The van der Waals surface area contributed by atoms with Crippen LogP contribution >= 0.6 is 0 Å². The number of nitrogens with zero attached hydrogens (tertiary/aromatic N) is 3. The SMILES string of the molecule is Fc1ccc(-c2nc(CN3CCC(N4CCCC4)C3)co2)cc1. The van der Waals surface area contributed by atoms with Gasteiger partial charge in [-0.2, -0.15) is 0 Å². The number of hydrogen-bond donors (Lipinski definition) is 0. The summed E-state index contributed by atoms with van der Waals surface area (Å²) in [6, 6.07) is 6.97. The summed E-state index contributed by atoms with van der Waals surface area (Å²) >= 11 is 0. The second kappa shape index (κ2) is 6.42. The molecule has 0 amide bonds. The Morgan fingerprint density at radius 3 is 2.70 bits per heavy atom. The molecule has 2 saturated heterocycles. The molecule has 122 valence electrons. The van der Waals surface area contributed by atoms with Crippen LogP contribution in [-0.4, -0.2) is 47.0 Å². The molecule has 2 aliphatic heterocycles. The Bertz CT molecular complexity index is 649. The van der Waals surface area contributed by atoms with Crippen molar-refractivity contribution < 1.29 is 8.81 Å². The highest BCUT2D eigenvalue weighted by Gasteiger charge is 2.29. The number of oxazole rings is 1. The lowest BCUT2D eigenvalue weighted by Gasteiger charge is -2.23. The molecule has 1 unspecified atom stereocenters. The lowest BCUT2D eigenvalue weighted by molar-refractivity contribution is 0.229. The fourth-order valence-electron chi connectivity index (χ4n) is 3.69. The molecule has 23 heavy (non-hydrogen) atoms. The minimum Gasteiger partial charge on any atom is -0.444 e. The van der Waals surface area contributed by atoms with E-state index in [4.69, 9.17) is 4.42 Å². The minimum absolute atomic E-state index is 0.245. The topological polar surface area (TPSA) is 32.5 Å². The highest BCUT2D eigenvalue weighted by molar-refractivity contribution is 5.52. The molecule has 0 bridgehead atoms.